The minimum absolute atomic E-state index is 0.144. The van der Waals surface area contributed by atoms with Gasteiger partial charge in [0.25, 0.3) is 0 Å². The summed E-state index contributed by atoms with van der Waals surface area (Å²) in [4.78, 5) is 0. The first kappa shape index (κ1) is 34.0. The van der Waals surface area contributed by atoms with Crippen molar-refractivity contribution in [1.82, 2.24) is 0 Å². The predicted molar refractivity (Wildman–Crippen MR) is 139 cm³/mol. The van der Waals surface area contributed by atoms with Gasteiger partial charge in [0.2, 0.25) is 0 Å². The van der Waals surface area contributed by atoms with Gasteiger partial charge in [0, 0.05) is 0 Å². The number of aliphatic hydroxyl groups is 4. The molecule has 0 saturated heterocycles. The van der Waals surface area contributed by atoms with Gasteiger partial charge < -0.3 is 20.4 Å². The minimum Gasteiger partial charge on any atom is -0.390 e. The van der Waals surface area contributed by atoms with E-state index in [0.717, 1.165) is 25.7 Å². The molecule has 0 fully saturated rings. The smallest absolute Gasteiger partial charge is 0.0821 e. The predicted octanol–water partition coefficient (Wildman–Crippen LogP) is 6.72. The summed E-state index contributed by atoms with van der Waals surface area (Å²) < 4.78 is 0. The van der Waals surface area contributed by atoms with Gasteiger partial charge in [0.1, 0.15) is 0 Å². The van der Waals surface area contributed by atoms with Gasteiger partial charge in [-0.15, -0.1) is 0 Å². The monoisotopic (exact) mass is 460 g/mol. The van der Waals surface area contributed by atoms with Crippen molar-refractivity contribution in [3.63, 3.8) is 0 Å². The van der Waals surface area contributed by atoms with Crippen LogP contribution in [-0.4, -0.2) is 44.8 Å². The van der Waals surface area contributed by atoms with Crippen molar-refractivity contribution in [3.8, 4) is 0 Å². The van der Waals surface area contributed by atoms with E-state index in [4.69, 9.17) is 0 Å². The molecule has 0 spiro atoms. The third-order valence-electron chi connectivity index (χ3n) is 6.77. The maximum absolute atomic E-state index is 9.92. The van der Waals surface area contributed by atoms with E-state index >= 15 is 0 Å². The zero-order chi connectivity index (χ0) is 25.1. The highest BCUT2D eigenvalue weighted by atomic mass is 16.3. The zero-order valence-electron chi connectivity index (χ0n) is 22.9. The Hall–Kier alpha value is -0.160. The van der Waals surface area contributed by atoms with Crippen molar-refractivity contribution in [2.75, 3.05) is 0 Å². The van der Waals surface area contributed by atoms with Crippen molar-refractivity contribution < 1.29 is 20.4 Å². The summed E-state index contributed by atoms with van der Waals surface area (Å²) in [5.74, 6) is 1.87. The average Bonchev–Trinajstić information content (AvgIpc) is 2.75. The van der Waals surface area contributed by atoms with Crippen LogP contribution < -0.4 is 0 Å². The van der Waals surface area contributed by atoms with Crippen molar-refractivity contribution in [1.29, 1.82) is 0 Å². The Bertz CT molecular complexity index is 386. The summed E-state index contributed by atoms with van der Waals surface area (Å²) in [6.07, 6.45) is 10.7. The van der Waals surface area contributed by atoms with Gasteiger partial charge in [-0.2, -0.15) is 0 Å². The maximum Gasteiger partial charge on any atom is 0.0821 e. The molecule has 196 valence electrons. The molecule has 0 heterocycles. The summed E-state index contributed by atoms with van der Waals surface area (Å²) in [6, 6.07) is 0. The van der Waals surface area contributed by atoms with Gasteiger partial charge in [0.05, 0.1) is 24.4 Å². The molecular weight excluding hydrogens is 400 g/mol. The van der Waals surface area contributed by atoms with Crippen LogP contribution in [0.1, 0.15) is 132 Å². The molecule has 0 aromatic heterocycles. The fraction of sp³-hybridized carbons (Fsp3) is 1.00. The molecule has 4 heteroatoms. The molecule has 0 aliphatic rings. The Balaban J connectivity index is 0. The fourth-order valence-corrected chi connectivity index (χ4v) is 4.19. The van der Waals surface area contributed by atoms with E-state index in [9.17, 15) is 20.4 Å². The lowest BCUT2D eigenvalue weighted by Crippen LogP contribution is -2.31. The topological polar surface area (TPSA) is 80.9 Å². The standard InChI is InChI=1S/2C14H30O2/c1-5-7-8-12(6-2)10-14(16)13(15)9-11(3)4;1-5-7-8-12(6-2)9-10-13(15)14(16)11(3)4/h2*11-16H,5-10H2,1-4H3. The molecule has 0 aromatic carbocycles. The highest BCUT2D eigenvalue weighted by molar-refractivity contribution is 4.73. The first-order valence-corrected chi connectivity index (χ1v) is 13.8. The molecule has 0 rings (SSSR count). The molecule has 6 unspecified atom stereocenters. The van der Waals surface area contributed by atoms with Gasteiger partial charge in [-0.3, -0.25) is 0 Å². The first-order valence-electron chi connectivity index (χ1n) is 13.8. The lowest BCUT2D eigenvalue weighted by atomic mass is 9.89. The highest BCUT2D eigenvalue weighted by Gasteiger charge is 2.21. The van der Waals surface area contributed by atoms with Crippen molar-refractivity contribution in [3.05, 3.63) is 0 Å². The van der Waals surface area contributed by atoms with Crippen molar-refractivity contribution >= 4 is 0 Å². The maximum atomic E-state index is 9.92. The highest BCUT2D eigenvalue weighted by Crippen LogP contribution is 2.22. The zero-order valence-corrected chi connectivity index (χ0v) is 22.9. The Morgan fingerprint density at radius 1 is 0.531 bits per heavy atom. The summed E-state index contributed by atoms with van der Waals surface area (Å²) in [5.41, 5.74) is 0. The number of hydrogen-bond acceptors (Lipinski definition) is 4. The van der Waals surface area contributed by atoms with Crippen LogP contribution in [0.3, 0.4) is 0 Å². The summed E-state index contributed by atoms with van der Waals surface area (Å²) in [6.45, 7) is 16.8. The lowest BCUT2D eigenvalue weighted by Gasteiger charge is -2.23. The van der Waals surface area contributed by atoms with Crippen LogP contribution in [0.4, 0.5) is 0 Å². The first-order chi connectivity index (χ1) is 15.0. The molecule has 0 bridgehead atoms. The second kappa shape index (κ2) is 21.4. The molecule has 0 aromatic rings. The van der Waals surface area contributed by atoms with E-state index in [1.165, 1.54) is 44.9 Å². The molecule has 4 N–H and O–H groups in total. The number of hydrogen-bond donors (Lipinski definition) is 4. The number of unbranched alkanes of at least 4 members (excludes halogenated alkanes) is 2. The van der Waals surface area contributed by atoms with E-state index < -0.39 is 24.4 Å². The Morgan fingerprint density at radius 2 is 1.00 bits per heavy atom. The normalized spacial score (nSPS) is 17.4. The van der Waals surface area contributed by atoms with Gasteiger partial charge >= 0.3 is 0 Å². The van der Waals surface area contributed by atoms with Gasteiger partial charge in [0.15, 0.2) is 0 Å². The molecule has 0 saturated carbocycles. The van der Waals surface area contributed by atoms with E-state index in [0.29, 0.717) is 24.2 Å². The summed E-state index contributed by atoms with van der Waals surface area (Å²) in [7, 11) is 0. The second-order valence-electron chi connectivity index (χ2n) is 10.7. The molecule has 6 atom stereocenters. The second-order valence-corrected chi connectivity index (χ2v) is 10.7. The van der Waals surface area contributed by atoms with E-state index in [-0.39, 0.29) is 5.92 Å². The average molecular weight is 461 g/mol. The van der Waals surface area contributed by atoms with Crippen LogP contribution in [-0.2, 0) is 0 Å². The summed E-state index contributed by atoms with van der Waals surface area (Å²) >= 11 is 0. The van der Waals surface area contributed by atoms with Crippen LogP contribution in [0.15, 0.2) is 0 Å². The Kier molecular flexibility index (Phi) is 22.7. The molecule has 0 amide bonds. The third kappa shape index (κ3) is 18.3. The van der Waals surface area contributed by atoms with Crippen LogP contribution in [0.25, 0.3) is 0 Å². The van der Waals surface area contributed by atoms with Crippen molar-refractivity contribution in [2.24, 2.45) is 23.7 Å². The third-order valence-corrected chi connectivity index (χ3v) is 6.77. The number of aliphatic hydroxyl groups excluding tert-OH is 4. The SMILES string of the molecule is CCCCC(CC)CC(O)C(O)CC(C)C.CCCCC(CC)CCC(O)C(O)C(C)C. The van der Waals surface area contributed by atoms with E-state index in [2.05, 4.69) is 41.5 Å². The summed E-state index contributed by atoms with van der Waals surface area (Å²) in [5, 5.41) is 39.2. The molecule has 32 heavy (non-hydrogen) atoms. The molecule has 0 aliphatic carbocycles. The largest absolute Gasteiger partial charge is 0.390 e. The lowest BCUT2D eigenvalue weighted by molar-refractivity contribution is -0.0152. The minimum atomic E-state index is -0.566. The molecule has 4 nitrogen and oxygen atoms in total. The Labute approximate surface area is 201 Å². The number of rotatable bonds is 18. The fourth-order valence-electron chi connectivity index (χ4n) is 4.19. The van der Waals surface area contributed by atoms with E-state index in [1.54, 1.807) is 0 Å². The van der Waals surface area contributed by atoms with Crippen LogP contribution in [0.2, 0.25) is 0 Å². The molecular formula is C28H60O4. The van der Waals surface area contributed by atoms with E-state index in [1.807, 2.05) is 13.8 Å². The van der Waals surface area contributed by atoms with Gasteiger partial charge in [-0.05, 0) is 49.4 Å². The Morgan fingerprint density at radius 3 is 1.41 bits per heavy atom. The van der Waals surface area contributed by atoms with Crippen LogP contribution in [0.5, 0.6) is 0 Å². The quantitative estimate of drug-likeness (QED) is 0.183. The van der Waals surface area contributed by atoms with Gasteiger partial charge in [-0.1, -0.05) is 107 Å². The molecule has 0 aliphatic heterocycles. The van der Waals surface area contributed by atoms with Gasteiger partial charge in [-0.25, -0.2) is 0 Å². The van der Waals surface area contributed by atoms with Crippen molar-refractivity contribution in [2.45, 2.75) is 157 Å². The molecule has 0 radical (unpaired) electrons. The van der Waals surface area contributed by atoms with Crippen LogP contribution in [0, 0.1) is 23.7 Å². The van der Waals surface area contributed by atoms with Crippen LogP contribution >= 0.6 is 0 Å².